The van der Waals surface area contributed by atoms with Gasteiger partial charge in [0.15, 0.2) is 0 Å². The maximum atomic E-state index is 6.11. The van der Waals surface area contributed by atoms with Crippen LogP contribution in [0, 0.1) is 5.41 Å². The van der Waals surface area contributed by atoms with E-state index in [0.717, 1.165) is 38.6 Å². The highest BCUT2D eigenvalue weighted by Crippen LogP contribution is 2.31. The second-order valence-electron chi connectivity index (χ2n) is 6.74. The summed E-state index contributed by atoms with van der Waals surface area (Å²) in [5.74, 6) is 0. The van der Waals surface area contributed by atoms with E-state index in [9.17, 15) is 0 Å². The largest absolute Gasteiger partial charge is 0.381 e. The molecule has 3 heterocycles. The van der Waals surface area contributed by atoms with E-state index >= 15 is 0 Å². The fourth-order valence-electron chi connectivity index (χ4n) is 4.13. The predicted molar refractivity (Wildman–Crippen MR) is 77.2 cm³/mol. The molecule has 3 fully saturated rings. The number of ether oxygens (including phenoxy) is 1. The summed E-state index contributed by atoms with van der Waals surface area (Å²) in [4.78, 5) is 5.41. The van der Waals surface area contributed by atoms with E-state index in [4.69, 9.17) is 10.5 Å². The Bertz CT molecular complexity index is 291. The molecule has 0 amide bonds. The molecule has 2 N–H and O–H groups in total. The van der Waals surface area contributed by atoms with Crippen LogP contribution in [0.3, 0.4) is 0 Å². The Morgan fingerprint density at radius 2 is 1.89 bits per heavy atom. The zero-order valence-electron chi connectivity index (χ0n) is 12.1. The first-order chi connectivity index (χ1) is 9.31. The van der Waals surface area contributed by atoms with Crippen molar-refractivity contribution in [1.82, 2.24) is 9.80 Å². The molecule has 4 heteroatoms. The van der Waals surface area contributed by atoms with Gasteiger partial charge in [0.1, 0.15) is 0 Å². The van der Waals surface area contributed by atoms with Gasteiger partial charge in [-0.15, -0.1) is 0 Å². The van der Waals surface area contributed by atoms with Crippen molar-refractivity contribution in [2.24, 2.45) is 11.1 Å². The van der Waals surface area contributed by atoms with E-state index in [1.807, 2.05) is 0 Å². The normalized spacial score (nSPS) is 33.0. The molecule has 110 valence electrons. The van der Waals surface area contributed by atoms with Crippen LogP contribution in [0.4, 0.5) is 0 Å². The maximum absolute atomic E-state index is 6.11. The van der Waals surface area contributed by atoms with Crippen molar-refractivity contribution in [1.29, 1.82) is 0 Å². The van der Waals surface area contributed by atoms with E-state index in [-0.39, 0.29) is 0 Å². The molecule has 3 aliphatic heterocycles. The lowest BCUT2D eigenvalue weighted by molar-refractivity contribution is -0.000917. The van der Waals surface area contributed by atoms with Crippen LogP contribution in [0.25, 0.3) is 0 Å². The van der Waals surface area contributed by atoms with E-state index in [1.54, 1.807) is 0 Å². The number of nitrogens with two attached hydrogens (primary N) is 1. The minimum atomic E-state index is 0.325. The number of fused-ring (bicyclic) bond motifs is 1. The molecule has 0 bridgehead atoms. The molecule has 0 aliphatic carbocycles. The van der Waals surface area contributed by atoms with Crippen LogP contribution in [0.1, 0.15) is 32.1 Å². The van der Waals surface area contributed by atoms with Gasteiger partial charge in [0, 0.05) is 32.3 Å². The van der Waals surface area contributed by atoms with Crippen molar-refractivity contribution in [3.8, 4) is 0 Å². The number of hydrogen-bond acceptors (Lipinski definition) is 4. The minimum Gasteiger partial charge on any atom is -0.381 e. The molecule has 19 heavy (non-hydrogen) atoms. The van der Waals surface area contributed by atoms with Crippen LogP contribution >= 0.6 is 0 Å². The van der Waals surface area contributed by atoms with E-state index in [1.165, 1.54) is 52.0 Å². The van der Waals surface area contributed by atoms with Crippen LogP contribution in [0.2, 0.25) is 0 Å². The zero-order chi connectivity index (χ0) is 13.1. The summed E-state index contributed by atoms with van der Waals surface area (Å²) in [7, 11) is 0. The highest BCUT2D eigenvalue weighted by atomic mass is 16.5. The van der Waals surface area contributed by atoms with Gasteiger partial charge in [0.05, 0.1) is 0 Å². The molecule has 3 saturated heterocycles. The Balaban J connectivity index is 1.61. The van der Waals surface area contributed by atoms with Crippen LogP contribution in [-0.2, 0) is 4.74 Å². The van der Waals surface area contributed by atoms with Gasteiger partial charge in [-0.3, -0.25) is 4.90 Å². The molecular formula is C15H29N3O. The average Bonchev–Trinajstić information content (AvgIpc) is 2.79. The van der Waals surface area contributed by atoms with Gasteiger partial charge in [-0.05, 0) is 63.7 Å². The fraction of sp³-hybridized carbons (Fsp3) is 1.00. The molecule has 0 aromatic rings. The zero-order valence-corrected chi connectivity index (χ0v) is 12.1. The fourth-order valence-corrected chi connectivity index (χ4v) is 4.13. The van der Waals surface area contributed by atoms with Gasteiger partial charge in [-0.2, -0.15) is 0 Å². The summed E-state index contributed by atoms with van der Waals surface area (Å²) in [6.45, 7) is 8.98. The summed E-state index contributed by atoms with van der Waals surface area (Å²) in [5, 5.41) is 0. The van der Waals surface area contributed by atoms with Gasteiger partial charge < -0.3 is 15.4 Å². The second-order valence-corrected chi connectivity index (χ2v) is 6.74. The van der Waals surface area contributed by atoms with Gasteiger partial charge in [-0.1, -0.05) is 0 Å². The number of hydrogen-bond donors (Lipinski definition) is 1. The monoisotopic (exact) mass is 267 g/mol. The summed E-state index contributed by atoms with van der Waals surface area (Å²) in [6, 6.07) is 0.817. The lowest BCUT2D eigenvalue weighted by atomic mass is 9.79. The van der Waals surface area contributed by atoms with Crippen LogP contribution in [0.15, 0.2) is 0 Å². The molecule has 3 aliphatic rings. The van der Waals surface area contributed by atoms with Crippen molar-refractivity contribution in [3.63, 3.8) is 0 Å². The molecule has 3 rings (SSSR count). The van der Waals surface area contributed by atoms with Crippen LogP contribution in [0.5, 0.6) is 0 Å². The Kier molecular flexibility index (Phi) is 4.42. The molecule has 1 unspecified atom stereocenters. The van der Waals surface area contributed by atoms with Crippen LogP contribution < -0.4 is 5.73 Å². The van der Waals surface area contributed by atoms with Crippen molar-refractivity contribution in [3.05, 3.63) is 0 Å². The van der Waals surface area contributed by atoms with Gasteiger partial charge in [0.2, 0.25) is 0 Å². The summed E-state index contributed by atoms with van der Waals surface area (Å²) >= 11 is 0. The third kappa shape index (κ3) is 3.13. The summed E-state index contributed by atoms with van der Waals surface area (Å²) < 4.78 is 5.53. The summed E-state index contributed by atoms with van der Waals surface area (Å²) in [5.41, 5.74) is 6.43. The first-order valence-corrected chi connectivity index (χ1v) is 8.06. The Morgan fingerprint density at radius 1 is 1.11 bits per heavy atom. The highest BCUT2D eigenvalue weighted by Gasteiger charge is 2.36. The topological polar surface area (TPSA) is 41.7 Å². The van der Waals surface area contributed by atoms with Crippen molar-refractivity contribution < 1.29 is 4.74 Å². The van der Waals surface area contributed by atoms with E-state index in [0.29, 0.717) is 5.41 Å². The molecule has 0 spiro atoms. The quantitative estimate of drug-likeness (QED) is 0.825. The second kappa shape index (κ2) is 6.08. The average molecular weight is 267 g/mol. The van der Waals surface area contributed by atoms with Crippen molar-refractivity contribution in [2.45, 2.75) is 38.1 Å². The Hall–Kier alpha value is -0.160. The smallest absolute Gasteiger partial charge is 0.0472 e. The first kappa shape index (κ1) is 13.8. The molecule has 0 aromatic heterocycles. The molecular weight excluding hydrogens is 238 g/mol. The number of nitrogens with zero attached hydrogens (tertiary/aromatic N) is 2. The molecule has 0 saturated carbocycles. The number of rotatable bonds is 3. The summed E-state index contributed by atoms with van der Waals surface area (Å²) in [6.07, 6.45) is 6.42. The third-order valence-electron chi connectivity index (χ3n) is 5.43. The minimum absolute atomic E-state index is 0.325. The lowest BCUT2D eigenvalue weighted by Gasteiger charge is -2.40. The first-order valence-electron chi connectivity index (χ1n) is 8.06. The lowest BCUT2D eigenvalue weighted by Crippen LogP contribution is -2.48. The van der Waals surface area contributed by atoms with E-state index < -0.39 is 0 Å². The third-order valence-corrected chi connectivity index (χ3v) is 5.43. The maximum Gasteiger partial charge on any atom is 0.0472 e. The van der Waals surface area contributed by atoms with Crippen molar-refractivity contribution >= 4 is 0 Å². The van der Waals surface area contributed by atoms with Crippen LogP contribution in [-0.4, -0.2) is 68.3 Å². The molecule has 1 atom stereocenters. The molecule has 0 aromatic carbocycles. The van der Waals surface area contributed by atoms with Crippen molar-refractivity contribution in [2.75, 3.05) is 52.5 Å². The molecule has 4 nitrogen and oxygen atoms in total. The predicted octanol–water partition coefficient (Wildman–Crippen LogP) is 0.912. The Labute approximate surface area is 117 Å². The van der Waals surface area contributed by atoms with Gasteiger partial charge >= 0.3 is 0 Å². The molecule has 0 radical (unpaired) electrons. The standard InChI is InChI=1S/C15H29N3O/c16-12-15(4-9-19-10-5-15)13-17-6-2-8-18-7-1-3-14(18)11-17/h14H,1-13,16H2. The highest BCUT2D eigenvalue weighted by molar-refractivity contribution is 4.90. The van der Waals surface area contributed by atoms with Gasteiger partial charge in [0.25, 0.3) is 0 Å². The Morgan fingerprint density at radius 3 is 2.68 bits per heavy atom. The van der Waals surface area contributed by atoms with E-state index in [2.05, 4.69) is 9.80 Å². The SMILES string of the molecule is NCC1(CN2CCCN3CCCC3C2)CCOCC1. The van der Waals surface area contributed by atoms with Gasteiger partial charge in [-0.25, -0.2) is 0 Å².